The predicted octanol–water partition coefficient (Wildman–Crippen LogP) is -0.989. The molecule has 0 aliphatic carbocycles. The Morgan fingerprint density at radius 3 is 2.27 bits per heavy atom. The van der Waals surface area contributed by atoms with Crippen molar-refractivity contribution in [2.24, 2.45) is 0 Å². The van der Waals surface area contributed by atoms with Gasteiger partial charge in [0.25, 0.3) is 0 Å². The number of aliphatic carboxylic acids is 1. The molecule has 0 bridgehead atoms. The Morgan fingerprint density at radius 2 is 1.73 bits per heavy atom. The molecular formula is C16H13ClNNaO3. The molecule has 2 rings (SSSR count). The summed E-state index contributed by atoms with van der Waals surface area (Å²) < 4.78 is 0. The number of carboxylic acid groups (broad SMARTS) is 1. The summed E-state index contributed by atoms with van der Waals surface area (Å²) in [6.45, 7) is 1.47. The quantitative estimate of drug-likeness (QED) is 0.444. The molecular weight excluding hydrogens is 313 g/mol. The predicted molar refractivity (Wildman–Crippen MR) is 79.2 cm³/mol. The molecule has 0 fully saturated rings. The average Bonchev–Trinajstić information content (AvgIpc) is 2.47. The van der Waals surface area contributed by atoms with Crippen LogP contribution in [-0.4, -0.2) is 11.8 Å². The van der Waals surface area contributed by atoms with Gasteiger partial charge in [0.15, 0.2) is 5.78 Å². The number of carbonyl (C=O) groups is 2. The number of rotatable bonds is 4. The summed E-state index contributed by atoms with van der Waals surface area (Å²) in [5.74, 6) is -2.41. The van der Waals surface area contributed by atoms with Gasteiger partial charge in [0.05, 0.1) is 0 Å². The summed E-state index contributed by atoms with van der Waals surface area (Å²) in [5.41, 5.74) is 7.18. The summed E-state index contributed by atoms with van der Waals surface area (Å²) in [6.07, 6.45) is 0. The van der Waals surface area contributed by atoms with Gasteiger partial charge in [-0.05, 0) is 35.9 Å². The molecule has 0 spiro atoms. The Balaban J connectivity index is 0.00000242. The van der Waals surface area contributed by atoms with Crippen LogP contribution in [0.5, 0.6) is 0 Å². The Labute approximate surface area is 155 Å². The van der Waals surface area contributed by atoms with Crippen LogP contribution in [0.4, 0.5) is 5.69 Å². The number of anilines is 1. The van der Waals surface area contributed by atoms with Crippen molar-refractivity contribution in [2.75, 3.05) is 5.73 Å². The first kappa shape index (κ1) is 18.7. The first-order valence-corrected chi connectivity index (χ1v) is 6.69. The van der Waals surface area contributed by atoms with Crippen LogP contribution in [0.3, 0.4) is 0 Å². The minimum absolute atomic E-state index is 0. The molecule has 2 aromatic carbocycles. The standard InChI is InChI=1S/C16H14ClNO3.Na/c1-9(16(20)21)12-3-2-4-13(14(12)18)15(19)10-5-7-11(17)8-6-10;/h2-9H,18H2,1H3,(H,20,21);/q;+1/p-1. The number of carboxylic acids is 1. The number of benzene rings is 2. The van der Waals surface area contributed by atoms with Gasteiger partial charge in [0.2, 0.25) is 0 Å². The van der Waals surface area contributed by atoms with Gasteiger partial charge in [-0.1, -0.05) is 30.7 Å². The van der Waals surface area contributed by atoms with E-state index in [1.165, 1.54) is 6.92 Å². The molecule has 1 atom stereocenters. The molecule has 6 heteroatoms. The van der Waals surface area contributed by atoms with Crippen LogP contribution in [0, 0.1) is 0 Å². The number of nitrogens with two attached hydrogens (primary N) is 1. The second-order valence-corrected chi connectivity index (χ2v) is 5.12. The third-order valence-electron chi connectivity index (χ3n) is 3.31. The van der Waals surface area contributed by atoms with Crippen LogP contribution in [-0.2, 0) is 4.79 Å². The van der Waals surface area contributed by atoms with Crippen LogP contribution in [0.2, 0.25) is 5.02 Å². The van der Waals surface area contributed by atoms with Crippen LogP contribution >= 0.6 is 11.6 Å². The maximum atomic E-state index is 12.4. The molecule has 0 aliphatic heterocycles. The van der Waals surface area contributed by atoms with Gasteiger partial charge in [-0.2, -0.15) is 0 Å². The SMILES string of the molecule is CC(C(=O)[O-])c1cccc(C(=O)c2ccc(Cl)cc2)c1N.[Na+]. The molecule has 4 nitrogen and oxygen atoms in total. The van der Waals surface area contributed by atoms with Crippen LogP contribution in [0.15, 0.2) is 42.5 Å². The minimum atomic E-state index is -1.24. The van der Waals surface area contributed by atoms with Crippen molar-refractivity contribution in [3.05, 3.63) is 64.2 Å². The fourth-order valence-electron chi connectivity index (χ4n) is 2.04. The molecule has 2 N–H and O–H groups in total. The van der Waals surface area contributed by atoms with Crippen molar-refractivity contribution in [3.8, 4) is 0 Å². The van der Waals surface area contributed by atoms with Crippen molar-refractivity contribution in [1.82, 2.24) is 0 Å². The van der Waals surface area contributed by atoms with Gasteiger partial charge in [-0.25, -0.2) is 0 Å². The number of nitrogen functional groups attached to an aromatic ring is 1. The topological polar surface area (TPSA) is 83.2 Å². The Morgan fingerprint density at radius 1 is 1.14 bits per heavy atom. The number of ketones is 1. The number of hydrogen-bond acceptors (Lipinski definition) is 4. The van der Waals surface area contributed by atoms with Gasteiger partial charge >= 0.3 is 29.6 Å². The van der Waals surface area contributed by atoms with Crippen LogP contribution in [0.25, 0.3) is 0 Å². The van der Waals surface area contributed by atoms with Crippen LogP contribution < -0.4 is 40.4 Å². The number of hydrogen-bond donors (Lipinski definition) is 1. The van der Waals surface area contributed by atoms with Crippen molar-refractivity contribution < 1.29 is 44.3 Å². The fourth-order valence-corrected chi connectivity index (χ4v) is 2.17. The van der Waals surface area contributed by atoms with E-state index in [2.05, 4.69) is 0 Å². The second-order valence-electron chi connectivity index (χ2n) is 4.69. The van der Waals surface area contributed by atoms with E-state index in [4.69, 9.17) is 17.3 Å². The second kappa shape index (κ2) is 7.79. The molecule has 0 saturated heterocycles. The molecule has 0 aromatic heterocycles. The molecule has 0 aliphatic rings. The Bertz CT molecular complexity index is 701. The van der Waals surface area contributed by atoms with E-state index < -0.39 is 11.9 Å². The Kier molecular flexibility index (Phi) is 6.63. The zero-order valence-electron chi connectivity index (χ0n) is 12.3. The van der Waals surface area contributed by atoms with Gasteiger partial charge < -0.3 is 15.6 Å². The average molecular weight is 326 g/mol. The molecule has 0 heterocycles. The molecule has 1 unspecified atom stereocenters. The zero-order valence-corrected chi connectivity index (χ0v) is 15.1. The van der Waals surface area contributed by atoms with E-state index in [1.807, 2.05) is 0 Å². The molecule has 108 valence electrons. The van der Waals surface area contributed by atoms with Gasteiger partial charge in [0.1, 0.15) is 0 Å². The van der Waals surface area contributed by atoms with E-state index in [0.717, 1.165) is 0 Å². The first-order chi connectivity index (χ1) is 9.91. The van der Waals surface area contributed by atoms with Gasteiger partial charge in [-0.15, -0.1) is 0 Å². The molecule has 0 saturated carbocycles. The van der Waals surface area contributed by atoms with Crippen molar-refractivity contribution in [3.63, 3.8) is 0 Å². The zero-order chi connectivity index (χ0) is 15.6. The summed E-state index contributed by atoms with van der Waals surface area (Å²) in [7, 11) is 0. The number of carbonyl (C=O) groups excluding carboxylic acids is 2. The molecule has 0 amide bonds. The monoisotopic (exact) mass is 325 g/mol. The van der Waals surface area contributed by atoms with E-state index in [0.29, 0.717) is 16.1 Å². The maximum Gasteiger partial charge on any atom is 1.00 e. The van der Waals surface area contributed by atoms with Crippen LogP contribution in [0.1, 0.15) is 34.3 Å². The van der Waals surface area contributed by atoms with E-state index >= 15 is 0 Å². The third-order valence-corrected chi connectivity index (χ3v) is 3.56. The summed E-state index contributed by atoms with van der Waals surface area (Å²) in [4.78, 5) is 23.4. The van der Waals surface area contributed by atoms with Gasteiger partial charge in [-0.3, -0.25) is 4.79 Å². The van der Waals surface area contributed by atoms with E-state index in [1.54, 1.807) is 42.5 Å². The number of halogens is 1. The fraction of sp³-hybridized carbons (Fsp3) is 0.125. The van der Waals surface area contributed by atoms with Gasteiger partial charge in [0, 0.05) is 33.7 Å². The first-order valence-electron chi connectivity index (χ1n) is 6.31. The van der Waals surface area contributed by atoms with Crippen molar-refractivity contribution in [2.45, 2.75) is 12.8 Å². The van der Waals surface area contributed by atoms with Crippen molar-refractivity contribution >= 4 is 29.0 Å². The minimum Gasteiger partial charge on any atom is -0.550 e. The third kappa shape index (κ3) is 3.90. The summed E-state index contributed by atoms with van der Waals surface area (Å²) >= 11 is 5.79. The molecule has 2 aromatic rings. The summed E-state index contributed by atoms with van der Waals surface area (Å²) in [5, 5.41) is 11.5. The van der Waals surface area contributed by atoms with E-state index in [-0.39, 0.29) is 46.6 Å². The number of para-hydroxylation sites is 1. The molecule has 22 heavy (non-hydrogen) atoms. The maximum absolute atomic E-state index is 12.4. The smallest absolute Gasteiger partial charge is 0.550 e. The summed E-state index contributed by atoms with van der Waals surface area (Å²) in [6, 6.07) is 11.2. The Hall–Kier alpha value is -1.33. The van der Waals surface area contributed by atoms with E-state index in [9.17, 15) is 14.7 Å². The largest absolute Gasteiger partial charge is 1.00 e. The van der Waals surface area contributed by atoms with Crippen molar-refractivity contribution in [1.29, 1.82) is 0 Å². The molecule has 0 radical (unpaired) electrons. The normalized spacial score (nSPS) is 11.4.